The summed E-state index contributed by atoms with van der Waals surface area (Å²) in [6.07, 6.45) is 1.86. The Balaban J connectivity index is 2.19. The van der Waals surface area contributed by atoms with Crippen molar-refractivity contribution in [2.24, 2.45) is 5.73 Å². The number of nitrogens with zero attached hydrogens (tertiary/aromatic N) is 3. The molecular formula is C12H20N4S. The molecule has 1 aromatic rings. The van der Waals surface area contributed by atoms with Crippen LogP contribution >= 0.6 is 11.8 Å². The minimum atomic E-state index is 0.509. The first-order chi connectivity index (χ1) is 8.10. The van der Waals surface area contributed by atoms with E-state index in [1.54, 1.807) is 0 Å². The highest BCUT2D eigenvalue weighted by atomic mass is 32.2. The van der Waals surface area contributed by atoms with Gasteiger partial charge < -0.3 is 10.6 Å². The molecule has 2 unspecified atom stereocenters. The number of thioether (sulfide) groups is 1. The fourth-order valence-corrected chi connectivity index (χ4v) is 3.50. The lowest BCUT2D eigenvalue weighted by Gasteiger charge is -2.34. The summed E-state index contributed by atoms with van der Waals surface area (Å²) in [7, 11) is 0. The van der Waals surface area contributed by atoms with E-state index in [0.29, 0.717) is 17.0 Å². The van der Waals surface area contributed by atoms with Crippen molar-refractivity contribution in [3.8, 4) is 0 Å². The summed E-state index contributed by atoms with van der Waals surface area (Å²) in [6, 6.07) is 0. The number of rotatable bonds is 2. The van der Waals surface area contributed by atoms with Gasteiger partial charge in [0.05, 0.1) is 0 Å². The first-order valence-corrected chi connectivity index (χ1v) is 6.97. The minimum absolute atomic E-state index is 0.509. The maximum absolute atomic E-state index is 5.63. The van der Waals surface area contributed by atoms with E-state index in [-0.39, 0.29) is 0 Å². The normalized spacial score (nSPS) is 25.1. The highest BCUT2D eigenvalue weighted by molar-refractivity contribution is 8.00. The Morgan fingerprint density at radius 3 is 2.59 bits per heavy atom. The Morgan fingerprint density at radius 2 is 2.06 bits per heavy atom. The molecule has 0 spiro atoms. The van der Waals surface area contributed by atoms with Crippen molar-refractivity contribution in [3.05, 3.63) is 17.5 Å². The van der Waals surface area contributed by atoms with Crippen LogP contribution in [0.5, 0.6) is 0 Å². The van der Waals surface area contributed by atoms with Gasteiger partial charge in [0.25, 0.3) is 0 Å². The SMILES string of the molecule is Cc1nc(N2CC(C)SC(C)C2)ncc1CN. The van der Waals surface area contributed by atoms with Gasteiger partial charge in [0, 0.05) is 47.6 Å². The average Bonchev–Trinajstić information content (AvgIpc) is 2.27. The predicted molar refractivity (Wildman–Crippen MR) is 73.4 cm³/mol. The van der Waals surface area contributed by atoms with Crippen molar-refractivity contribution < 1.29 is 0 Å². The number of aromatic nitrogens is 2. The van der Waals surface area contributed by atoms with Crippen LogP contribution < -0.4 is 10.6 Å². The summed E-state index contributed by atoms with van der Waals surface area (Å²) in [6.45, 7) is 9.07. The zero-order chi connectivity index (χ0) is 12.4. The van der Waals surface area contributed by atoms with Crippen LogP contribution in [0.25, 0.3) is 0 Å². The monoisotopic (exact) mass is 252 g/mol. The summed E-state index contributed by atoms with van der Waals surface area (Å²) in [5.74, 6) is 0.846. The number of hydrogen-bond donors (Lipinski definition) is 1. The Morgan fingerprint density at radius 1 is 1.41 bits per heavy atom. The number of hydrogen-bond acceptors (Lipinski definition) is 5. The number of aryl methyl sites for hydroxylation is 1. The van der Waals surface area contributed by atoms with Crippen molar-refractivity contribution in [2.45, 2.75) is 37.8 Å². The van der Waals surface area contributed by atoms with Crippen LogP contribution in [-0.2, 0) is 6.54 Å². The molecule has 0 saturated carbocycles. The van der Waals surface area contributed by atoms with Crippen LogP contribution in [0.3, 0.4) is 0 Å². The van der Waals surface area contributed by atoms with E-state index in [1.165, 1.54) is 0 Å². The molecule has 17 heavy (non-hydrogen) atoms. The Kier molecular flexibility index (Phi) is 3.89. The molecular weight excluding hydrogens is 232 g/mol. The summed E-state index contributed by atoms with van der Waals surface area (Å²) >= 11 is 2.03. The molecule has 1 fully saturated rings. The van der Waals surface area contributed by atoms with E-state index in [2.05, 4.69) is 28.7 Å². The summed E-state index contributed by atoms with van der Waals surface area (Å²) in [4.78, 5) is 11.3. The quantitative estimate of drug-likeness (QED) is 0.866. The Hall–Kier alpha value is -0.810. The molecule has 0 bridgehead atoms. The van der Waals surface area contributed by atoms with Gasteiger partial charge in [-0.1, -0.05) is 13.8 Å². The second-order valence-corrected chi connectivity index (χ2v) is 6.53. The maximum Gasteiger partial charge on any atom is 0.225 e. The largest absolute Gasteiger partial charge is 0.339 e. The molecule has 0 aromatic carbocycles. The molecule has 0 radical (unpaired) electrons. The summed E-state index contributed by atoms with van der Waals surface area (Å²) < 4.78 is 0. The maximum atomic E-state index is 5.63. The minimum Gasteiger partial charge on any atom is -0.339 e. The fraction of sp³-hybridized carbons (Fsp3) is 0.667. The lowest BCUT2D eigenvalue weighted by molar-refractivity contribution is 0.703. The summed E-state index contributed by atoms with van der Waals surface area (Å²) in [5.41, 5.74) is 7.65. The molecule has 2 N–H and O–H groups in total. The van der Waals surface area contributed by atoms with Gasteiger partial charge in [0.15, 0.2) is 0 Å². The smallest absolute Gasteiger partial charge is 0.225 e. The lowest BCUT2D eigenvalue weighted by atomic mass is 10.2. The van der Waals surface area contributed by atoms with Crippen LogP contribution in [0.4, 0.5) is 5.95 Å². The van der Waals surface area contributed by atoms with E-state index >= 15 is 0 Å². The number of nitrogens with two attached hydrogens (primary N) is 1. The fourth-order valence-electron chi connectivity index (χ4n) is 2.17. The molecule has 94 valence electrons. The second kappa shape index (κ2) is 5.23. The third kappa shape index (κ3) is 2.90. The van der Waals surface area contributed by atoms with Crippen LogP contribution in [0.15, 0.2) is 6.20 Å². The van der Waals surface area contributed by atoms with Gasteiger partial charge in [-0.05, 0) is 6.92 Å². The molecule has 1 aliphatic rings. The van der Waals surface area contributed by atoms with E-state index in [9.17, 15) is 0 Å². The first-order valence-electron chi connectivity index (χ1n) is 6.03. The third-order valence-corrected chi connectivity index (χ3v) is 4.22. The number of anilines is 1. The lowest BCUT2D eigenvalue weighted by Crippen LogP contribution is -2.41. The van der Waals surface area contributed by atoms with Crippen LogP contribution in [0, 0.1) is 6.92 Å². The second-order valence-electron chi connectivity index (χ2n) is 4.65. The molecule has 2 heterocycles. The molecule has 2 rings (SSSR count). The van der Waals surface area contributed by atoms with E-state index in [4.69, 9.17) is 5.73 Å². The van der Waals surface area contributed by atoms with Gasteiger partial charge in [-0.2, -0.15) is 11.8 Å². The van der Waals surface area contributed by atoms with Gasteiger partial charge in [-0.15, -0.1) is 0 Å². The molecule has 5 heteroatoms. The third-order valence-electron chi connectivity index (χ3n) is 2.99. The van der Waals surface area contributed by atoms with Crippen molar-refractivity contribution >= 4 is 17.7 Å². The molecule has 1 aromatic heterocycles. The zero-order valence-electron chi connectivity index (χ0n) is 10.7. The van der Waals surface area contributed by atoms with Crippen molar-refractivity contribution in [1.82, 2.24) is 9.97 Å². The molecule has 1 aliphatic heterocycles. The standard InChI is InChI=1S/C12H20N4S/c1-8-6-16(7-9(2)17-8)12-14-5-11(4-13)10(3)15-12/h5,8-9H,4,6-7,13H2,1-3H3. The molecule has 2 atom stereocenters. The van der Waals surface area contributed by atoms with Crippen LogP contribution in [0.1, 0.15) is 25.1 Å². The summed E-state index contributed by atoms with van der Waals surface area (Å²) in [5, 5.41) is 1.27. The molecule has 1 saturated heterocycles. The zero-order valence-corrected chi connectivity index (χ0v) is 11.5. The molecule has 4 nitrogen and oxygen atoms in total. The van der Waals surface area contributed by atoms with Crippen molar-refractivity contribution in [2.75, 3.05) is 18.0 Å². The predicted octanol–water partition coefficient (Wildman–Crippen LogP) is 1.57. The van der Waals surface area contributed by atoms with Gasteiger partial charge in [-0.3, -0.25) is 0 Å². The highest BCUT2D eigenvalue weighted by Gasteiger charge is 2.24. The van der Waals surface area contributed by atoms with Gasteiger partial charge in [-0.25, -0.2) is 9.97 Å². The Labute approximate surface area is 107 Å². The van der Waals surface area contributed by atoms with E-state index < -0.39 is 0 Å². The van der Waals surface area contributed by atoms with Crippen molar-refractivity contribution in [1.29, 1.82) is 0 Å². The molecule has 0 aliphatic carbocycles. The molecule has 0 amide bonds. The van der Waals surface area contributed by atoms with Gasteiger partial charge in [0.1, 0.15) is 0 Å². The Bertz CT molecular complexity index is 386. The average molecular weight is 252 g/mol. The highest BCUT2D eigenvalue weighted by Crippen LogP contribution is 2.26. The van der Waals surface area contributed by atoms with E-state index in [0.717, 1.165) is 30.3 Å². The van der Waals surface area contributed by atoms with Gasteiger partial charge >= 0.3 is 0 Å². The van der Waals surface area contributed by atoms with E-state index in [1.807, 2.05) is 24.9 Å². The van der Waals surface area contributed by atoms with Crippen LogP contribution in [0.2, 0.25) is 0 Å². The van der Waals surface area contributed by atoms with Crippen LogP contribution in [-0.4, -0.2) is 33.6 Å². The van der Waals surface area contributed by atoms with Gasteiger partial charge in [0.2, 0.25) is 5.95 Å². The topological polar surface area (TPSA) is 55.0 Å². The van der Waals surface area contributed by atoms with Crippen molar-refractivity contribution in [3.63, 3.8) is 0 Å². The first kappa shape index (κ1) is 12.6.